The van der Waals surface area contributed by atoms with Crippen molar-refractivity contribution in [2.45, 2.75) is 19.9 Å². The van der Waals surface area contributed by atoms with Gasteiger partial charge in [-0.05, 0) is 30.2 Å². The highest BCUT2D eigenvalue weighted by atomic mass is 16.5. The van der Waals surface area contributed by atoms with Crippen LogP contribution in [0.2, 0.25) is 0 Å². The first kappa shape index (κ1) is 20.4. The number of ether oxygens (including phenoxy) is 1. The molecule has 0 radical (unpaired) electrons. The molecule has 0 saturated carbocycles. The van der Waals surface area contributed by atoms with Crippen LogP contribution in [0.3, 0.4) is 0 Å². The van der Waals surface area contributed by atoms with Crippen molar-refractivity contribution in [1.29, 1.82) is 0 Å². The number of benzene rings is 2. The van der Waals surface area contributed by atoms with E-state index in [1.807, 2.05) is 49.4 Å². The van der Waals surface area contributed by atoms with Crippen molar-refractivity contribution in [3.63, 3.8) is 0 Å². The molecular weight excluding hydrogens is 340 g/mol. The molecule has 2 aromatic carbocycles. The van der Waals surface area contributed by atoms with Gasteiger partial charge in [-0.2, -0.15) is 0 Å². The molecule has 0 aromatic heterocycles. The monoisotopic (exact) mass is 366 g/mol. The van der Waals surface area contributed by atoms with Crippen LogP contribution < -0.4 is 10.2 Å². The summed E-state index contributed by atoms with van der Waals surface area (Å²) in [6.07, 6.45) is 1.93. The lowest BCUT2D eigenvalue weighted by molar-refractivity contribution is -0.122. The van der Waals surface area contributed by atoms with Gasteiger partial charge in [0.05, 0.1) is 13.0 Å². The number of nitrogens with one attached hydrogen (secondary N) is 1. The van der Waals surface area contributed by atoms with Crippen LogP contribution in [0.5, 0.6) is 0 Å². The standard InChI is InChI=1S/C22H26N2O3/c1-4-12-23-21(25)14-18-8-10-20(11-9-18)24(22(26)16-27-3)15-19-7-5-6-17(2)13-19/h4-11,13H,1,12,14-16H2,2-3H3,(H,23,25). The summed E-state index contributed by atoms with van der Waals surface area (Å²) in [4.78, 5) is 26.1. The van der Waals surface area contributed by atoms with Crippen molar-refractivity contribution >= 4 is 17.5 Å². The van der Waals surface area contributed by atoms with Gasteiger partial charge in [0.2, 0.25) is 5.91 Å². The van der Waals surface area contributed by atoms with Gasteiger partial charge in [0.1, 0.15) is 6.61 Å². The number of methoxy groups -OCH3 is 1. The van der Waals surface area contributed by atoms with Crippen LogP contribution in [0.1, 0.15) is 16.7 Å². The molecule has 0 unspecified atom stereocenters. The molecule has 0 fully saturated rings. The van der Waals surface area contributed by atoms with Crippen molar-refractivity contribution in [1.82, 2.24) is 5.32 Å². The van der Waals surface area contributed by atoms with E-state index in [2.05, 4.69) is 18.0 Å². The van der Waals surface area contributed by atoms with Gasteiger partial charge in [-0.15, -0.1) is 6.58 Å². The number of rotatable bonds is 9. The number of hydrogen-bond acceptors (Lipinski definition) is 3. The van der Waals surface area contributed by atoms with Crippen molar-refractivity contribution < 1.29 is 14.3 Å². The quantitative estimate of drug-likeness (QED) is 0.694. The third-order valence-electron chi connectivity index (χ3n) is 4.05. The molecule has 5 heteroatoms. The number of carbonyl (C=O) groups is 2. The summed E-state index contributed by atoms with van der Waals surface area (Å²) in [5, 5.41) is 2.75. The van der Waals surface area contributed by atoms with Crippen LogP contribution in [-0.2, 0) is 27.3 Å². The van der Waals surface area contributed by atoms with E-state index in [9.17, 15) is 9.59 Å². The Morgan fingerprint density at radius 1 is 1.15 bits per heavy atom. The van der Waals surface area contributed by atoms with Crippen LogP contribution in [0.15, 0.2) is 61.2 Å². The van der Waals surface area contributed by atoms with Gasteiger partial charge in [-0.1, -0.05) is 48.0 Å². The number of aryl methyl sites for hydroxylation is 1. The lowest BCUT2D eigenvalue weighted by Gasteiger charge is -2.23. The molecule has 0 atom stereocenters. The molecule has 2 rings (SSSR count). The Balaban J connectivity index is 2.16. The fourth-order valence-electron chi connectivity index (χ4n) is 2.75. The van der Waals surface area contributed by atoms with E-state index in [-0.39, 0.29) is 24.8 Å². The Bertz CT molecular complexity index is 784. The third-order valence-corrected chi connectivity index (χ3v) is 4.05. The maximum absolute atomic E-state index is 12.5. The minimum Gasteiger partial charge on any atom is -0.375 e. The topological polar surface area (TPSA) is 58.6 Å². The SMILES string of the molecule is C=CCNC(=O)Cc1ccc(N(Cc2cccc(C)c2)C(=O)COC)cc1. The predicted octanol–water partition coefficient (Wildman–Crippen LogP) is 3.02. The van der Waals surface area contributed by atoms with E-state index >= 15 is 0 Å². The summed E-state index contributed by atoms with van der Waals surface area (Å²) in [6, 6.07) is 15.5. The zero-order valence-electron chi connectivity index (χ0n) is 15.9. The second kappa shape index (κ2) is 10.3. The Morgan fingerprint density at radius 2 is 1.89 bits per heavy atom. The van der Waals surface area contributed by atoms with Crippen LogP contribution in [0.4, 0.5) is 5.69 Å². The Hall–Kier alpha value is -2.92. The molecule has 0 heterocycles. The first-order valence-electron chi connectivity index (χ1n) is 8.85. The zero-order chi connectivity index (χ0) is 19.6. The van der Waals surface area contributed by atoms with Gasteiger partial charge in [0, 0.05) is 19.3 Å². The van der Waals surface area contributed by atoms with Crippen molar-refractivity contribution in [2.24, 2.45) is 0 Å². The molecule has 0 saturated heterocycles. The Kier molecular flexibility index (Phi) is 7.77. The van der Waals surface area contributed by atoms with Gasteiger partial charge in [0.15, 0.2) is 0 Å². The highest BCUT2D eigenvalue weighted by molar-refractivity contribution is 5.94. The molecule has 0 aliphatic rings. The lowest BCUT2D eigenvalue weighted by Crippen LogP contribution is -2.33. The van der Waals surface area contributed by atoms with E-state index in [0.29, 0.717) is 13.1 Å². The number of anilines is 1. The van der Waals surface area contributed by atoms with Crippen LogP contribution >= 0.6 is 0 Å². The summed E-state index contributed by atoms with van der Waals surface area (Å²) in [6.45, 7) is 6.53. The average molecular weight is 366 g/mol. The number of nitrogens with zero attached hydrogens (tertiary/aromatic N) is 1. The van der Waals surface area contributed by atoms with E-state index < -0.39 is 0 Å². The third kappa shape index (κ3) is 6.38. The molecule has 0 aliphatic carbocycles. The van der Waals surface area contributed by atoms with E-state index in [4.69, 9.17) is 4.74 Å². The van der Waals surface area contributed by atoms with E-state index in [1.54, 1.807) is 11.0 Å². The zero-order valence-corrected chi connectivity index (χ0v) is 15.9. The van der Waals surface area contributed by atoms with Crippen LogP contribution in [-0.4, -0.2) is 32.1 Å². The first-order chi connectivity index (χ1) is 13.0. The highest BCUT2D eigenvalue weighted by Gasteiger charge is 2.16. The second-order valence-corrected chi connectivity index (χ2v) is 6.34. The lowest BCUT2D eigenvalue weighted by atomic mass is 10.1. The smallest absolute Gasteiger partial charge is 0.253 e. The summed E-state index contributed by atoms with van der Waals surface area (Å²) in [7, 11) is 1.51. The van der Waals surface area contributed by atoms with Gasteiger partial charge in [0.25, 0.3) is 5.91 Å². The molecule has 0 spiro atoms. The second-order valence-electron chi connectivity index (χ2n) is 6.34. The molecule has 2 aromatic rings. The van der Waals surface area contributed by atoms with Crippen molar-refractivity contribution in [3.8, 4) is 0 Å². The average Bonchev–Trinajstić information content (AvgIpc) is 2.65. The molecular formula is C22H26N2O3. The fourth-order valence-corrected chi connectivity index (χ4v) is 2.75. The molecule has 0 aliphatic heterocycles. The fraction of sp³-hybridized carbons (Fsp3) is 0.273. The number of hydrogen-bond donors (Lipinski definition) is 1. The summed E-state index contributed by atoms with van der Waals surface area (Å²) < 4.78 is 5.03. The summed E-state index contributed by atoms with van der Waals surface area (Å²) in [5.74, 6) is -0.176. The van der Waals surface area contributed by atoms with Crippen LogP contribution in [0, 0.1) is 6.92 Å². The normalized spacial score (nSPS) is 10.3. The number of carbonyl (C=O) groups excluding carboxylic acids is 2. The Morgan fingerprint density at radius 3 is 2.52 bits per heavy atom. The molecule has 27 heavy (non-hydrogen) atoms. The molecule has 2 amide bonds. The molecule has 0 bridgehead atoms. The van der Waals surface area contributed by atoms with Crippen molar-refractivity contribution in [3.05, 3.63) is 77.9 Å². The molecule has 1 N–H and O–H groups in total. The van der Waals surface area contributed by atoms with Gasteiger partial charge >= 0.3 is 0 Å². The largest absolute Gasteiger partial charge is 0.375 e. The molecule has 142 valence electrons. The van der Waals surface area contributed by atoms with Crippen molar-refractivity contribution in [2.75, 3.05) is 25.2 Å². The van der Waals surface area contributed by atoms with Gasteiger partial charge in [-0.25, -0.2) is 0 Å². The minimum atomic E-state index is -0.115. The number of amides is 2. The van der Waals surface area contributed by atoms with Gasteiger partial charge < -0.3 is 15.0 Å². The minimum absolute atomic E-state index is 0.0114. The molecule has 5 nitrogen and oxygen atoms in total. The Labute approximate surface area is 160 Å². The van der Waals surface area contributed by atoms with E-state index in [1.165, 1.54) is 7.11 Å². The maximum Gasteiger partial charge on any atom is 0.253 e. The summed E-state index contributed by atoms with van der Waals surface area (Å²) in [5.41, 5.74) is 3.85. The van der Waals surface area contributed by atoms with Crippen LogP contribution in [0.25, 0.3) is 0 Å². The van der Waals surface area contributed by atoms with Gasteiger partial charge in [-0.3, -0.25) is 9.59 Å². The predicted molar refractivity (Wildman–Crippen MR) is 108 cm³/mol. The first-order valence-corrected chi connectivity index (χ1v) is 8.85. The van der Waals surface area contributed by atoms with E-state index in [0.717, 1.165) is 22.4 Å². The maximum atomic E-state index is 12.5. The summed E-state index contributed by atoms with van der Waals surface area (Å²) >= 11 is 0. The highest BCUT2D eigenvalue weighted by Crippen LogP contribution is 2.19.